The van der Waals surface area contributed by atoms with Crippen molar-refractivity contribution in [3.63, 3.8) is 0 Å². The van der Waals surface area contributed by atoms with E-state index in [2.05, 4.69) is 27.5 Å². The van der Waals surface area contributed by atoms with Gasteiger partial charge in [-0.05, 0) is 73.9 Å². The largest absolute Gasteiger partial charge is 0.495 e. The van der Waals surface area contributed by atoms with Crippen LogP contribution in [0.2, 0.25) is 0 Å². The van der Waals surface area contributed by atoms with Gasteiger partial charge >= 0.3 is 12.0 Å². The second-order valence-electron chi connectivity index (χ2n) is 7.77. The number of nitrogens with one attached hydrogen (secondary N) is 2. The Labute approximate surface area is 183 Å². The molecule has 7 nitrogen and oxygen atoms in total. The van der Waals surface area contributed by atoms with Gasteiger partial charge in [0.05, 0.1) is 26.0 Å². The lowest BCUT2D eigenvalue weighted by Gasteiger charge is -2.28. The van der Waals surface area contributed by atoms with Crippen molar-refractivity contribution in [2.24, 2.45) is 0 Å². The molecule has 0 spiro atoms. The second-order valence-corrected chi connectivity index (χ2v) is 7.77. The third-order valence-corrected chi connectivity index (χ3v) is 5.58. The molecule has 3 rings (SSSR count). The summed E-state index contributed by atoms with van der Waals surface area (Å²) in [5.74, 6) is 0.731. The van der Waals surface area contributed by atoms with Crippen molar-refractivity contribution in [3.8, 4) is 5.75 Å². The number of hydrogen-bond donors (Lipinski definition) is 2. The van der Waals surface area contributed by atoms with Gasteiger partial charge in [0.2, 0.25) is 0 Å². The summed E-state index contributed by atoms with van der Waals surface area (Å²) in [6.07, 6.45) is 3.96. The average molecular weight is 427 g/mol. The Hall–Kier alpha value is -3.06. The fraction of sp³-hybridized carbons (Fsp3) is 0.417. The van der Waals surface area contributed by atoms with Gasteiger partial charge in [-0.1, -0.05) is 18.2 Å². The van der Waals surface area contributed by atoms with Crippen molar-refractivity contribution in [2.75, 3.05) is 31.5 Å². The Bertz CT molecular complexity index is 889. The first kappa shape index (κ1) is 22.6. The molecule has 0 saturated heterocycles. The van der Waals surface area contributed by atoms with Crippen LogP contribution in [0.5, 0.6) is 5.75 Å². The van der Waals surface area contributed by atoms with Gasteiger partial charge in [-0.2, -0.15) is 0 Å². The molecule has 0 unspecified atom stereocenters. The Morgan fingerprint density at radius 2 is 1.68 bits per heavy atom. The van der Waals surface area contributed by atoms with E-state index >= 15 is 0 Å². The highest BCUT2D eigenvalue weighted by atomic mass is 16.6. The monoisotopic (exact) mass is 426 g/mol. The maximum absolute atomic E-state index is 12.4. The lowest BCUT2D eigenvalue weighted by molar-refractivity contribution is -0.148. The van der Waals surface area contributed by atoms with E-state index in [0.29, 0.717) is 17.4 Å². The third-order valence-electron chi connectivity index (χ3n) is 5.58. The molecule has 0 aromatic heterocycles. The van der Waals surface area contributed by atoms with Crippen molar-refractivity contribution in [1.82, 2.24) is 0 Å². The molecule has 0 heterocycles. The Balaban J connectivity index is 1.50. The van der Waals surface area contributed by atoms with E-state index in [1.165, 1.54) is 12.7 Å². The maximum Gasteiger partial charge on any atom is 0.331 e. The average Bonchev–Trinajstić information content (AvgIpc) is 2.78. The van der Waals surface area contributed by atoms with Crippen LogP contribution in [0.25, 0.3) is 0 Å². The first-order chi connectivity index (χ1) is 15.0. The molecule has 0 aliphatic heterocycles. The molecule has 2 N–H and O–H groups in total. The minimum Gasteiger partial charge on any atom is -0.495 e. The Kier molecular flexibility index (Phi) is 7.89. The van der Waals surface area contributed by atoms with Crippen LogP contribution >= 0.6 is 0 Å². The van der Waals surface area contributed by atoms with Crippen LogP contribution in [0, 0.1) is 6.92 Å². The summed E-state index contributed by atoms with van der Waals surface area (Å²) in [5.41, 5.74) is 3.63. The summed E-state index contributed by atoms with van der Waals surface area (Å²) in [4.78, 5) is 23.6. The predicted molar refractivity (Wildman–Crippen MR) is 120 cm³/mol. The van der Waals surface area contributed by atoms with Gasteiger partial charge in [-0.3, -0.25) is 0 Å². The highest BCUT2D eigenvalue weighted by molar-refractivity contribution is 6.00. The van der Waals surface area contributed by atoms with Crippen molar-refractivity contribution in [2.45, 2.75) is 44.6 Å². The zero-order valence-electron chi connectivity index (χ0n) is 18.3. The zero-order valence-corrected chi connectivity index (χ0v) is 18.3. The van der Waals surface area contributed by atoms with E-state index in [4.69, 9.17) is 9.47 Å². The lowest BCUT2D eigenvalue weighted by Crippen LogP contribution is -2.24. The van der Waals surface area contributed by atoms with Crippen LogP contribution in [0.3, 0.4) is 0 Å². The van der Waals surface area contributed by atoms with Crippen molar-refractivity contribution < 1.29 is 23.8 Å². The number of methoxy groups -OCH3 is 2. The fourth-order valence-electron chi connectivity index (χ4n) is 3.85. The number of rotatable bonds is 7. The number of anilines is 2. The smallest absolute Gasteiger partial charge is 0.331 e. The number of urea groups is 1. The summed E-state index contributed by atoms with van der Waals surface area (Å²) in [6, 6.07) is 13.3. The molecule has 0 atom stereocenters. The Morgan fingerprint density at radius 3 is 2.32 bits per heavy atom. The summed E-state index contributed by atoms with van der Waals surface area (Å²) < 4.78 is 15.5. The molecule has 31 heavy (non-hydrogen) atoms. The normalized spacial score (nSPS) is 18.2. The van der Waals surface area contributed by atoms with Crippen molar-refractivity contribution >= 4 is 23.4 Å². The van der Waals surface area contributed by atoms with E-state index < -0.39 is 0 Å². The standard InChI is InChI=1S/C24H30N2O5/c1-16-4-13-22(29-2)21(14-16)26-24(28)25-19-9-5-17(6-10-19)18-7-11-20(12-8-18)31-15-23(27)30-3/h4-6,9-10,13-14,18,20H,7-8,11-12,15H2,1-3H3,(H2,25,26,28). The number of ether oxygens (including phenoxy) is 3. The summed E-state index contributed by atoms with van der Waals surface area (Å²) in [5, 5.41) is 5.70. The summed E-state index contributed by atoms with van der Waals surface area (Å²) >= 11 is 0. The van der Waals surface area contributed by atoms with Crippen LogP contribution in [0.4, 0.5) is 16.2 Å². The highest BCUT2D eigenvalue weighted by Gasteiger charge is 2.23. The number of carbonyl (C=O) groups excluding carboxylic acids is 2. The van der Waals surface area contributed by atoms with Crippen LogP contribution < -0.4 is 15.4 Å². The Morgan fingerprint density at radius 1 is 0.968 bits per heavy atom. The molecule has 1 saturated carbocycles. The number of carbonyl (C=O) groups is 2. The fourth-order valence-corrected chi connectivity index (χ4v) is 3.85. The minimum absolute atomic E-state index is 0.0166. The highest BCUT2D eigenvalue weighted by Crippen LogP contribution is 2.34. The molecule has 1 aliphatic carbocycles. The van der Waals surface area contributed by atoms with E-state index in [1.54, 1.807) is 7.11 Å². The van der Waals surface area contributed by atoms with Gasteiger partial charge in [0.15, 0.2) is 0 Å². The third kappa shape index (κ3) is 6.46. The lowest BCUT2D eigenvalue weighted by atomic mass is 9.82. The molecule has 0 radical (unpaired) electrons. The zero-order chi connectivity index (χ0) is 22.2. The molecule has 1 aliphatic rings. The molecule has 2 aromatic carbocycles. The maximum atomic E-state index is 12.4. The van der Waals surface area contributed by atoms with Crippen LogP contribution in [0.15, 0.2) is 42.5 Å². The SMILES string of the molecule is COC(=O)COC1CCC(c2ccc(NC(=O)Nc3cc(C)ccc3OC)cc2)CC1. The number of aryl methyl sites for hydroxylation is 1. The molecule has 166 valence electrons. The first-order valence-corrected chi connectivity index (χ1v) is 10.5. The van der Waals surface area contributed by atoms with E-state index in [-0.39, 0.29) is 24.7 Å². The van der Waals surface area contributed by atoms with Gasteiger partial charge in [0, 0.05) is 5.69 Å². The van der Waals surface area contributed by atoms with E-state index in [1.807, 2.05) is 37.3 Å². The number of hydrogen-bond acceptors (Lipinski definition) is 5. The molecule has 0 bridgehead atoms. The molecule has 7 heteroatoms. The summed E-state index contributed by atoms with van der Waals surface area (Å²) in [6.45, 7) is 1.97. The van der Waals surface area contributed by atoms with E-state index in [9.17, 15) is 9.59 Å². The number of amides is 2. The quantitative estimate of drug-likeness (QED) is 0.618. The van der Waals surface area contributed by atoms with Gasteiger partial charge in [-0.15, -0.1) is 0 Å². The molecular weight excluding hydrogens is 396 g/mol. The van der Waals surface area contributed by atoms with Gasteiger partial charge < -0.3 is 24.8 Å². The second kappa shape index (κ2) is 10.8. The topological polar surface area (TPSA) is 85.9 Å². The van der Waals surface area contributed by atoms with Gasteiger partial charge in [-0.25, -0.2) is 9.59 Å². The van der Waals surface area contributed by atoms with Crippen LogP contribution in [-0.4, -0.2) is 38.9 Å². The molecule has 2 amide bonds. The summed E-state index contributed by atoms with van der Waals surface area (Å²) in [7, 11) is 2.94. The van der Waals surface area contributed by atoms with Crippen molar-refractivity contribution in [3.05, 3.63) is 53.6 Å². The molecule has 2 aromatic rings. The van der Waals surface area contributed by atoms with Gasteiger partial charge in [0.25, 0.3) is 0 Å². The number of benzene rings is 2. The van der Waals surface area contributed by atoms with Gasteiger partial charge in [0.1, 0.15) is 12.4 Å². The number of esters is 1. The predicted octanol–water partition coefficient (Wildman–Crippen LogP) is 4.86. The van der Waals surface area contributed by atoms with Crippen molar-refractivity contribution in [1.29, 1.82) is 0 Å². The van der Waals surface area contributed by atoms with Crippen LogP contribution in [-0.2, 0) is 14.3 Å². The molecular formula is C24H30N2O5. The van der Waals surface area contributed by atoms with E-state index in [0.717, 1.165) is 36.9 Å². The first-order valence-electron chi connectivity index (χ1n) is 10.5. The minimum atomic E-state index is -0.338. The molecule has 1 fully saturated rings. The van der Waals surface area contributed by atoms with Crippen LogP contribution in [0.1, 0.15) is 42.7 Å².